The molecule has 10 heteroatoms. The molecule has 0 radical (unpaired) electrons. The van der Waals surface area contributed by atoms with Crippen LogP contribution in [-0.2, 0) is 25.1 Å². The fraction of sp³-hybridized carbons (Fsp3) is 0.700. The van der Waals surface area contributed by atoms with Gasteiger partial charge >= 0.3 is 12.2 Å². The lowest BCUT2D eigenvalue weighted by Gasteiger charge is -2.55. The van der Waals surface area contributed by atoms with Gasteiger partial charge in [0.1, 0.15) is 17.9 Å². The van der Waals surface area contributed by atoms with Gasteiger partial charge in [-0.1, -0.05) is 78.8 Å². The van der Waals surface area contributed by atoms with Crippen LogP contribution in [0.15, 0.2) is 30.3 Å². The Morgan fingerprint density at radius 3 is 2.20 bits per heavy atom. The van der Waals surface area contributed by atoms with Gasteiger partial charge in [0.05, 0.1) is 24.7 Å². The number of amides is 3. The molecule has 4 atom stereocenters. The van der Waals surface area contributed by atoms with Gasteiger partial charge < -0.3 is 19.0 Å². The van der Waals surface area contributed by atoms with Crippen LogP contribution in [0.25, 0.3) is 0 Å². The van der Waals surface area contributed by atoms with E-state index in [1.54, 1.807) is 20.8 Å². The number of benzene rings is 1. The Morgan fingerprint density at radius 1 is 1.12 bits per heavy atom. The number of carbonyl (C=O) groups excluding carboxylic acids is 2. The summed E-state index contributed by atoms with van der Waals surface area (Å²) in [6.45, 7) is 21.7. The van der Waals surface area contributed by atoms with Crippen molar-refractivity contribution >= 4 is 26.4 Å². The van der Waals surface area contributed by atoms with E-state index in [4.69, 9.17) is 13.9 Å². The maximum atomic E-state index is 14.4. The molecule has 2 aliphatic rings. The maximum absolute atomic E-state index is 14.4. The summed E-state index contributed by atoms with van der Waals surface area (Å²) in [7, 11) is -2.58. The summed E-state index contributed by atoms with van der Waals surface area (Å²) in [6, 6.07) is 9.18. The minimum atomic E-state index is -2.58. The number of imide groups is 1. The lowest BCUT2D eigenvalue weighted by molar-refractivity contribution is -0.145. The van der Waals surface area contributed by atoms with Crippen LogP contribution in [0.5, 0.6) is 0 Å². The Kier molecular flexibility index (Phi) is 8.63. The molecule has 3 rings (SSSR count). The summed E-state index contributed by atoms with van der Waals surface area (Å²) in [5.74, 6) is -1.32. The lowest BCUT2D eigenvalue weighted by atomic mass is 9.66. The van der Waals surface area contributed by atoms with E-state index in [-0.39, 0.29) is 18.3 Å². The minimum Gasteiger partial charge on any atom is -0.465 e. The first kappa shape index (κ1) is 32.1. The molecule has 0 unspecified atom stereocenters. The van der Waals surface area contributed by atoms with Crippen molar-refractivity contribution < 1.29 is 33.4 Å². The van der Waals surface area contributed by atoms with Gasteiger partial charge in [0.25, 0.3) is 0 Å². The van der Waals surface area contributed by atoms with Gasteiger partial charge in [-0.25, -0.2) is 14.5 Å². The van der Waals surface area contributed by atoms with Gasteiger partial charge in [-0.05, 0) is 49.4 Å². The van der Waals surface area contributed by atoms with Crippen LogP contribution in [-0.4, -0.2) is 77.9 Å². The zero-order valence-electron chi connectivity index (χ0n) is 26.0. The first-order chi connectivity index (χ1) is 18.2. The summed E-state index contributed by atoms with van der Waals surface area (Å²) in [5, 5.41) is 10.3. The summed E-state index contributed by atoms with van der Waals surface area (Å²) in [5.41, 5.74) is -2.10. The van der Waals surface area contributed by atoms with Gasteiger partial charge in [0.15, 0.2) is 8.32 Å². The second-order valence-electron chi connectivity index (χ2n) is 14.2. The Morgan fingerprint density at radius 2 is 1.70 bits per heavy atom. The molecular formula is C30H48N2O7Si. The van der Waals surface area contributed by atoms with E-state index in [0.29, 0.717) is 6.42 Å². The van der Waals surface area contributed by atoms with Crippen LogP contribution in [0, 0.1) is 11.3 Å². The highest BCUT2D eigenvalue weighted by Gasteiger charge is 2.67. The highest BCUT2D eigenvalue weighted by Crippen LogP contribution is 2.52. The fourth-order valence-corrected chi connectivity index (χ4v) is 7.10. The van der Waals surface area contributed by atoms with Crippen LogP contribution in [0.3, 0.4) is 0 Å². The van der Waals surface area contributed by atoms with E-state index in [0.717, 1.165) is 5.56 Å². The molecule has 0 saturated carbocycles. The first-order valence-corrected chi connectivity index (χ1v) is 17.0. The van der Waals surface area contributed by atoms with Crippen molar-refractivity contribution in [3.8, 4) is 0 Å². The highest BCUT2D eigenvalue weighted by atomic mass is 28.4. The second-order valence-corrected chi connectivity index (χ2v) is 19.0. The zero-order valence-corrected chi connectivity index (χ0v) is 27.0. The van der Waals surface area contributed by atoms with E-state index in [9.17, 15) is 19.5 Å². The Hall–Kier alpha value is -2.43. The summed E-state index contributed by atoms with van der Waals surface area (Å²) in [6.07, 6.45) is -2.28. The van der Waals surface area contributed by atoms with Crippen LogP contribution in [0.2, 0.25) is 18.1 Å². The molecule has 0 bridgehead atoms. The van der Waals surface area contributed by atoms with Crippen LogP contribution < -0.4 is 0 Å². The molecule has 2 heterocycles. The molecule has 2 aliphatic heterocycles. The number of ether oxygens (including phenoxy) is 2. The Balaban J connectivity index is 2.15. The predicted molar refractivity (Wildman–Crippen MR) is 155 cm³/mol. The van der Waals surface area contributed by atoms with E-state index in [1.165, 1.54) is 9.80 Å². The van der Waals surface area contributed by atoms with Crippen molar-refractivity contribution in [2.75, 3.05) is 13.2 Å². The largest absolute Gasteiger partial charge is 0.465 e. The van der Waals surface area contributed by atoms with E-state index >= 15 is 0 Å². The van der Waals surface area contributed by atoms with Crippen molar-refractivity contribution in [1.82, 2.24) is 9.80 Å². The third-order valence-corrected chi connectivity index (χ3v) is 13.6. The molecule has 1 aromatic rings. The summed E-state index contributed by atoms with van der Waals surface area (Å²) >= 11 is 0. The highest BCUT2D eigenvalue weighted by molar-refractivity contribution is 6.74. The average molecular weight is 577 g/mol. The molecule has 224 valence electrons. The van der Waals surface area contributed by atoms with E-state index in [1.807, 2.05) is 51.1 Å². The Bertz CT molecular complexity index is 1110. The number of rotatable bonds is 7. The van der Waals surface area contributed by atoms with Crippen molar-refractivity contribution in [2.45, 2.75) is 110 Å². The number of carboxylic acid groups (broad SMARTS) is 1. The molecule has 9 nitrogen and oxygen atoms in total. The van der Waals surface area contributed by atoms with Crippen LogP contribution in [0.4, 0.5) is 9.59 Å². The monoisotopic (exact) mass is 576 g/mol. The summed E-state index contributed by atoms with van der Waals surface area (Å²) in [4.78, 5) is 42.8. The van der Waals surface area contributed by atoms with Crippen molar-refractivity contribution in [2.24, 2.45) is 11.3 Å². The number of hydrogen-bond donors (Lipinski definition) is 1. The fourth-order valence-electron chi connectivity index (χ4n) is 5.71. The zero-order chi connectivity index (χ0) is 30.5. The van der Waals surface area contributed by atoms with E-state index in [2.05, 4.69) is 33.9 Å². The van der Waals surface area contributed by atoms with Gasteiger partial charge in [-0.15, -0.1) is 0 Å². The van der Waals surface area contributed by atoms with Crippen molar-refractivity contribution in [3.63, 3.8) is 0 Å². The molecule has 0 aliphatic carbocycles. The third kappa shape index (κ3) is 5.67. The maximum Gasteiger partial charge on any atom is 0.416 e. The molecule has 3 amide bonds. The Labute approximate surface area is 240 Å². The molecule has 0 aromatic heterocycles. The van der Waals surface area contributed by atoms with Gasteiger partial charge in [0.2, 0.25) is 5.91 Å². The van der Waals surface area contributed by atoms with Crippen LogP contribution >= 0.6 is 0 Å². The number of hydrogen-bond acceptors (Lipinski definition) is 6. The molecule has 1 aromatic carbocycles. The molecule has 40 heavy (non-hydrogen) atoms. The van der Waals surface area contributed by atoms with Gasteiger partial charge in [-0.3, -0.25) is 9.69 Å². The average Bonchev–Trinajstić information content (AvgIpc) is 3.32. The minimum absolute atomic E-state index is 0.0462. The molecule has 0 spiro atoms. The van der Waals surface area contributed by atoms with Crippen molar-refractivity contribution in [3.05, 3.63) is 35.9 Å². The second kappa shape index (κ2) is 10.8. The SMILES string of the molecule is C[C@@H](C(=O)N1C(=O)OC[C@H]1Cc1ccccc1)[C@@H](O[Si](C)(C)C(C)(C)C)[C@@]1(C(C)(C)C)COC(C)(C)N1C(=O)O. The molecule has 2 fully saturated rings. The first-order valence-electron chi connectivity index (χ1n) is 14.1. The van der Waals surface area contributed by atoms with Crippen LogP contribution in [0.1, 0.15) is 67.9 Å². The molecule has 2 saturated heterocycles. The topological polar surface area (TPSA) is 106 Å². The lowest BCUT2D eigenvalue weighted by Crippen LogP contribution is -2.71. The summed E-state index contributed by atoms with van der Waals surface area (Å²) < 4.78 is 18.6. The smallest absolute Gasteiger partial charge is 0.416 e. The third-order valence-electron chi connectivity index (χ3n) is 9.13. The number of nitrogens with zero attached hydrogens (tertiary/aromatic N) is 2. The quantitative estimate of drug-likeness (QED) is 0.389. The van der Waals surface area contributed by atoms with E-state index < -0.39 is 61.2 Å². The normalized spacial score (nSPS) is 25.1. The number of cyclic esters (lactones) is 1. The van der Waals surface area contributed by atoms with Crippen molar-refractivity contribution in [1.29, 1.82) is 0 Å². The van der Waals surface area contributed by atoms with Gasteiger partial charge in [0, 0.05) is 0 Å². The standard InChI is InChI=1S/C30H48N2O7Si/c1-20(24(33)31-22(18-37-26(31)36)17-21-15-13-12-14-16-21)23(39-40(10,11)28(5,6)7)30(27(2,3)4)19-38-29(8,9)32(30)25(34)35/h12-16,20,22-23H,17-19H2,1-11H3,(H,34,35)/t20-,22-,23-,30-/m1/s1. The predicted octanol–water partition coefficient (Wildman–Crippen LogP) is 6.13. The molecular weight excluding hydrogens is 528 g/mol. The van der Waals surface area contributed by atoms with Gasteiger partial charge in [-0.2, -0.15) is 0 Å². The molecule has 1 N–H and O–H groups in total. The number of carbonyl (C=O) groups is 3.